The minimum Gasteiger partial charge on any atom is -0.444 e. The van der Waals surface area contributed by atoms with Gasteiger partial charge in [-0.05, 0) is 33.6 Å². The predicted octanol–water partition coefficient (Wildman–Crippen LogP) is 2.36. The lowest BCUT2D eigenvalue weighted by atomic mass is 10.2. The Kier molecular flexibility index (Phi) is 6.33. The molecule has 8 nitrogen and oxygen atoms in total. The summed E-state index contributed by atoms with van der Waals surface area (Å²) in [7, 11) is 0. The van der Waals surface area contributed by atoms with Crippen molar-refractivity contribution in [2.24, 2.45) is 0 Å². The van der Waals surface area contributed by atoms with E-state index in [9.17, 15) is 9.59 Å². The molecule has 2 aliphatic heterocycles. The van der Waals surface area contributed by atoms with Crippen LogP contribution < -0.4 is 5.32 Å². The molecule has 9 heteroatoms. The maximum absolute atomic E-state index is 12.8. The minimum atomic E-state index is -0.549. The highest BCUT2D eigenvalue weighted by Crippen LogP contribution is 2.31. The second kappa shape index (κ2) is 8.53. The molecule has 0 saturated carbocycles. The fourth-order valence-corrected chi connectivity index (χ4v) is 3.97. The van der Waals surface area contributed by atoms with Crippen molar-refractivity contribution in [1.29, 1.82) is 0 Å². The second-order valence-electron chi connectivity index (χ2n) is 7.69. The fourth-order valence-electron chi connectivity index (χ4n) is 3.00. The standard InChI is InChI=1S/C18H27N3O5S/c1-18(2,3)26-17(23)20-9-12-11-21(6-8-24-12)16(22)14-10-19-15(27-14)13-5-4-7-25-13/h10,12-13H,4-9,11H2,1-3H3,(H,20,23). The van der Waals surface area contributed by atoms with Gasteiger partial charge in [-0.2, -0.15) is 0 Å². The molecule has 0 bridgehead atoms. The SMILES string of the molecule is CC(C)(C)OC(=O)NCC1CN(C(=O)c2cnc(C3CCCO3)s2)CCO1. The first-order valence-corrected chi connectivity index (χ1v) is 10.1. The Bertz CT molecular complexity index is 666. The van der Waals surface area contributed by atoms with Crippen LogP contribution in [-0.2, 0) is 14.2 Å². The third-order valence-corrected chi connectivity index (χ3v) is 5.32. The Labute approximate surface area is 163 Å². The third-order valence-electron chi connectivity index (χ3n) is 4.24. The minimum absolute atomic E-state index is 0.0204. The number of carbonyl (C=O) groups is 2. The molecular formula is C18H27N3O5S. The van der Waals surface area contributed by atoms with Gasteiger partial charge in [0.2, 0.25) is 0 Å². The number of nitrogens with zero attached hydrogens (tertiary/aromatic N) is 2. The molecule has 3 heterocycles. The molecule has 1 N–H and O–H groups in total. The summed E-state index contributed by atoms with van der Waals surface area (Å²) < 4.78 is 16.5. The van der Waals surface area contributed by atoms with E-state index in [2.05, 4.69) is 10.3 Å². The van der Waals surface area contributed by atoms with Crippen molar-refractivity contribution in [1.82, 2.24) is 15.2 Å². The first-order chi connectivity index (χ1) is 12.8. The summed E-state index contributed by atoms with van der Waals surface area (Å²) in [5, 5.41) is 3.57. The van der Waals surface area contributed by atoms with Gasteiger partial charge in [-0.25, -0.2) is 9.78 Å². The van der Waals surface area contributed by atoms with Gasteiger partial charge in [0.1, 0.15) is 21.6 Å². The number of nitrogens with one attached hydrogen (secondary N) is 1. The number of aromatic nitrogens is 1. The van der Waals surface area contributed by atoms with Crippen LogP contribution in [0.25, 0.3) is 0 Å². The smallest absolute Gasteiger partial charge is 0.407 e. The van der Waals surface area contributed by atoms with Gasteiger partial charge in [-0.1, -0.05) is 0 Å². The Morgan fingerprint density at radius 1 is 1.37 bits per heavy atom. The van der Waals surface area contributed by atoms with E-state index >= 15 is 0 Å². The average Bonchev–Trinajstić information content (AvgIpc) is 3.29. The number of hydrogen-bond donors (Lipinski definition) is 1. The van der Waals surface area contributed by atoms with E-state index in [4.69, 9.17) is 14.2 Å². The molecule has 1 aromatic rings. The first kappa shape index (κ1) is 20.0. The van der Waals surface area contributed by atoms with E-state index in [0.717, 1.165) is 24.5 Å². The molecular weight excluding hydrogens is 370 g/mol. The maximum atomic E-state index is 12.8. The van der Waals surface area contributed by atoms with E-state index in [0.29, 0.717) is 31.1 Å². The molecule has 27 heavy (non-hydrogen) atoms. The van der Waals surface area contributed by atoms with Crippen molar-refractivity contribution in [3.8, 4) is 0 Å². The number of thiazole rings is 1. The van der Waals surface area contributed by atoms with E-state index in [1.807, 2.05) is 20.8 Å². The van der Waals surface area contributed by atoms with Crippen LogP contribution in [0.2, 0.25) is 0 Å². The lowest BCUT2D eigenvalue weighted by molar-refractivity contribution is -0.0217. The van der Waals surface area contributed by atoms with Crippen molar-refractivity contribution in [2.75, 3.05) is 32.8 Å². The quantitative estimate of drug-likeness (QED) is 0.839. The summed E-state index contributed by atoms with van der Waals surface area (Å²) in [6.07, 6.45) is 2.89. The number of carbonyl (C=O) groups excluding carboxylic acids is 2. The highest BCUT2D eigenvalue weighted by molar-refractivity contribution is 7.13. The molecule has 1 aromatic heterocycles. The van der Waals surface area contributed by atoms with Gasteiger partial charge in [0.15, 0.2) is 0 Å². The van der Waals surface area contributed by atoms with Gasteiger partial charge in [0.25, 0.3) is 5.91 Å². The van der Waals surface area contributed by atoms with Crippen molar-refractivity contribution in [3.05, 3.63) is 16.1 Å². The lowest BCUT2D eigenvalue weighted by Crippen LogP contribution is -2.49. The molecule has 0 radical (unpaired) electrons. The average molecular weight is 397 g/mol. The molecule has 3 rings (SSSR count). The van der Waals surface area contributed by atoms with E-state index in [1.54, 1.807) is 11.1 Å². The van der Waals surface area contributed by atoms with Crippen molar-refractivity contribution in [3.63, 3.8) is 0 Å². The fraction of sp³-hybridized carbons (Fsp3) is 0.722. The Balaban J connectivity index is 1.51. The van der Waals surface area contributed by atoms with E-state index < -0.39 is 11.7 Å². The van der Waals surface area contributed by atoms with Gasteiger partial charge >= 0.3 is 6.09 Å². The number of alkyl carbamates (subject to hydrolysis) is 1. The molecule has 2 amide bonds. The number of ether oxygens (including phenoxy) is 3. The zero-order chi connectivity index (χ0) is 19.4. The van der Waals surface area contributed by atoms with Crippen LogP contribution in [0.5, 0.6) is 0 Å². The largest absolute Gasteiger partial charge is 0.444 e. The molecule has 2 fully saturated rings. The van der Waals surface area contributed by atoms with Crippen LogP contribution in [0, 0.1) is 0 Å². The van der Waals surface area contributed by atoms with Crippen LogP contribution in [0.1, 0.15) is 54.4 Å². The Morgan fingerprint density at radius 3 is 2.89 bits per heavy atom. The predicted molar refractivity (Wildman–Crippen MR) is 99.9 cm³/mol. The van der Waals surface area contributed by atoms with Crippen molar-refractivity contribution < 1.29 is 23.8 Å². The topological polar surface area (TPSA) is 90.0 Å². The van der Waals surface area contributed by atoms with Crippen molar-refractivity contribution in [2.45, 2.75) is 51.4 Å². The van der Waals surface area contributed by atoms with Gasteiger partial charge in [-0.3, -0.25) is 4.79 Å². The van der Waals surface area contributed by atoms with E-state index in [-0.39, 0.29) is 18.1 Å². The Hall–Kier alpha value is -1.71. The summed E-state index contributed by atoms with van der Waals surface area (Å²) >= 11 is 1.40. The van der Waals surface area contributed by atoms with Gasteiger partial charge in [0.05, 0.1) is 18.9 Å². The normalized spacial score (nSPS) is 23.3. The van der Waals surface area contributed by atoms with Crippen molar-refractivity contribution >= 4 is 23.3 Å². The highest BCUT2D eigenvalue weighted by atomic mass is 32.1. The molecule has 0 aliphatic carbocycles. The summed E-state index contributed by atoms with van der Waals surface area (Å²) in [5.41, 5.74) is -0.549. The number of rotatable bonds is 4. The number of hydrogen-bond acceptors (Lipinski definition) is 7. The first-order valence-electron chi connectivity index (χ1n) is 9.27. The Morgan fingerprint density at radius 2 is 2.19 bits per heavy atom. The van der Waals surface area contributed by atoms with Crippen LogP contribution in [0.15, 0.2) is 6.20 Å². The molecule has 0 aromatic carbocycles. The van der Waals surface area contributed by atoms with E-state index in [1.165, 1.54) is 11.3 Å². The number of morpholine rings is 1. The number of amides is 2. The van der Waals surface area contributed by atoms with Crippen LogP contribution >= 0.6 is 11.3 Å². The van der Waals surface area contributed by atoms with Crippen LogP contribution in [-0.4, -0.2) is 66.4 Å². The molecule has 150 valence electrons. The van der Waals surface area contributed by atoms with Gasteiger partial charge < -0.3 is 24.4 Å². The molecule has 2 saturated heterocycles. The summed E-state index contributed by atoms with van der Waals surface area (Å²) in [6, 6.07) is 0. The lowest BCUT2D eigenvalue weighted by Gasteiger charge is -2.32. The monoisotopic (exact) mass is 397 g/mol. The molecule has 2 atom stereocenters. The summed E-state index contributed by atoms with van der Waals surface area (Å²) in [4.78, 5) is 31.3. The summed E-state index contributed by atoms with van der Waals surface area (Å²) in [5.74, 6) is -0.0534. The zero-order valence-corrected chi connectivity index (χ0v) is 16.8. The van der Waals surface area contributed by atoms with Crippen LogP contribution in [0.4, 0.5) is 4.79 Å². The van der Waals surface area contributed by atoms with Gasteiger partial charge in [0, 0.05) is 26.2 Å². The zero-order valence-electron chi connectivity index (χ0n) is 16.0. The van der Waals surface area contributed by atoms with Crippen LogP contribution in [0.3, 0.4) is 0 Å². The third kappa shape index (κ3) is 5.63. The van der Waals surface area contributed by atoms with Gasteiger partial charge in [-0.15, -0.1) is 11.3 Å². The maximum Gasteiger partial charge on any atom is 0.407 e. The highest BCUT2D eigenvalue weighted by Gasteiger charge is 2.28. The molecule has 0 spiro atoms. The second-order valence-corrected chi connectivity index (χ2v) is 8.75. The molecule has 2 aliphatic rings. The molecule has 2 unspecified atom stereocenters. The summed E-state index contributed by atoms with van der Waals surface area (Å²) in [6.45, 7) is 7.85.